The second kappa shape index (κ2) is 5.08. The standard InChI is InChI=1S/C14H24O4/c1-16-13(10-2-3-10)12(15)11-4-6-18-14(8-11)5-7-17-9-14/h10-13,15H,2-9H2,1H3. The van der Waals surface area contributed by atoms with E-state index in [1.807, 2.05) is 0 Å². The van der Waals surface area contributed by atoms with Crippen LogP contribution in [0.25, 0.3) is 0 Å². The third kappa shape index (κ3) is 2.44. The lowest BCUT2D eigenvalue weighted by atomic mass is 9.80. The molecule has 2 heterocycles. The lowest BCUT2D eigenvalue weighted by Crippen LogP contribution is -2.47. The predicted molar refractivity (Wildman–Crippen MR) is 66.4 cm³/mol. The van der Waals surface area contributed by atoms with Crippen molar-refractivity contribution in [1.82, 2.24) is 0 Å². The molecule has 18 heavy (non-hydrogen) atoms. The topological polar surface area (TPSA) is 47.9 Å². The van der Waals surface area contributed by atoms with Crippen molar-refractivity contribution in [3.63, 3.8) is 0 Å². The summed E-state index contributed by atoms with van der Waals surface area (Å²) in [5.74, 6) is 0.870. The van der Waals surface area contributed by atoms with Crippen molar-refractivity contribution in [2.24, 2.45) is 11.8 Å². The van der Waals surface area contributed by atoms with Gasteiger partial charge in [-0.3, -0.25) is 0 Å². The highest BCUT2D eigenvalue weighted by Crippen LogP contribution is 2.42. The molecule has 0 radical (unpaired) electrons. The summed E-state index contributed by atoms with van der Waals surface area (Å²) in [6.45, 7) is 2.22. The van der Waals surface area contributed by atoms with E-state index in [2.05, 4.69) is 0 Å². The molecule has 4 nitrogen and oxygen atoms in total. The normalized spacial score (nSPS) is 40.0. The quantitative estimate of drug-likeness (QED) is 0.825. The molecule has 1 N–H and O–H groups in total. The molecule has 2 aliphatic heterocycles. The van der Waals surface area contributed by atoms with Crippen LogP contribution in [0.4, 0.5) is 0 Å². The Hall–Kier alpha value is -0.160. The van der Waals surface area contributed by atoms with E-state index in [0.717, 1.165) is 32.5 Å². The van der Waals surface area contributed by atoms with Gasteiger partial charge in [-0.25, -0.2) is 0 Å². The monoisotopic (exact) mass is 256 g/mol. The zero-order valence-electron chi connectivity index (χ0n) is 11.1. The van der Waals surface area contributed by atoms with Gasteiger partial charge < -0.3 is 19.3 Å². The van der Waals surface area contributed by atoms with Gasteiger partial charge in [0.15, 0.2) is 0 Å². The molecule has 104 valence electrons. The summed E-state index contributed by atoms with van der Waals surface area (Å²) in [6, 6.07) is 0. The van der Waals surface area contributed by atoms with Crippen molar-refractivity contribution in [2.45, 2.75) is 49.9 Å². The molecule has 4 unspecified atom stereocenters. The Morgan fingerprint density at radius 1 is 1.22 bits per heavy atom. The number of aliphatic hydroxyl groups is 1. The molecule has 0 aromatic heterocycles. The highest BCUT2D eigenvalue weighted by Gasteiger charge is 2.46. The maximum absolute atomic E-state index is 10.6. The van der Waals surface area contributed by atoms with Crippen molar-refractivity contribution in [3.8, 4) is 0 Å². The third-order valence-corrected chi connectivity index (χ3v) is 4.78. The van der Waals surface area contributed by atoms with E-state index in [9.17, 15) is 5.11 Å². The summed E-state index contributed by atoms with van der Waals surface area (Å²) < 4.78 is 16.9. The number of methoxy groups -OCH3 is 1. The van der Waals surface area contributed by atoms with Crippen LogP contribution in [0.15, 0.2) is 0 Å². The molecule has 3 rings (SSSR count). The number of rotatable bonds is 4. The van der Waals surface area contributed by atoms with Crippen LogP contribution in [0.3, 0.4) is 0 Å². The highest BCUT2D eigenvalue weighted by molar-refractivity contribution is 4.96. The van der Waals surface area contributed by atoms with Crippen LogP contribution in [0, 0.1) is 11.8 Å². The molecule has 3 fully saturated rings. The van der Waals surface area contributed by atoms with Crippen LogP contribution in [-0.2, 0) is 14.2 Å². The van der Waals surface area contributed by atoms with E-state index in [0.29, 0.717) is 18.4 Å². The Balaban J connectivity index is 1.63. The molecular weight excluding hydrogens is 232 g/mol. The molecule has 4 atom stereocenters. The van der Waals surface area contributed by atoms with Crippen molar-refractivity contribution in [3.05, 3.63) is 0 Å². The van der Waals surface area contributed by atoms with Gasteiger partial charge in [-0.1, -0.05) is 0 Å². The first kappa shape index (κ1) is 12.9. The van der Waals surface area contributed by atoms with Gasteiger partial charge in [0.25, 0.3) is 0 Å². The van der Waals surface area contributed by atoms with Crippen molar-refractivity contribution in [1.29, 1.82) is 0 Å². The molecule has 2 saturated heterocycles. The van der Waals surface area contributed by atoms with Gasteiger partial charge >= 0.3 is 0 Å². The molecule has 0 amide bonds. The first-order valence-corrected chi connectivity index (χ1v) is 7.17. The fourth-order valence-corrected chi connectivity index (χ4v) is 3.52. The Morgan fingerprint density at radius 2 is 2.06 bits per heavy atom. The zero-order valence-corrected chi connectivity index (χ0v) is 11.1. The minimum Gasteiger partial charge on any atom is -0.390 e. The summed E-state index contributed by atoms with van der Waals surface area (Å²) in [5.41, 5.74) is -0.119. The number of ether oxygens (including phenoxy) is 3. The minimum absolute atomic E-state index is 0.0208. The second-order valence-corrected chi connectivity index (χ2v) is 6.12. The van der Waals surface area contributed by atoms with E-state index >= 15 is 0 Å². The van der Waals surface area contributed by atoms with Gasteiger partial charge in [-0.05, 0) is 37.5 Å². The number of hydrogen-bond donors (Lipinski definition) is 1. The Bertz CT molecular complexity index is 284. The van der Waals surface area contributed by atoms with Crippen LogP contribution in [0.2, 0.25) is 0 Å². The molecule has 3 aliphatic rings. The second-order valence-electron chi connectivity index (χ2n) is 6.12. The maximum atomic E-state index is 10.6. The fourth-order valence-electron chi connectivity index (χ4n) is 3.52. The van der Waals surface area contributed by atoms with Crippen LogP contribution < -0.4 is 0 Å². The average molecular weight is 256 g/mol. The molecule has 1 spiro atoms. The van der Waals surface area contributed by atoms with E-state index in [1.165, 1.54) is 12.8 Å². The molecule has 0 aromatic carbocycles. The molecule has 0 aromatic rings. The number of hydrogen-bond acceptors (Lipinski definition) is 4. The van der Waals surface area contributed by atoms with Crippen LogP contribution >= 0.6 is 0 Å². The van der Waals surface area contributed by atoms with Gasteiger partial charge in [0.2, 0.25) is 0 Å². The molecular formula is C14H24O4. The molecule has 1 aliphatic carbocycles. The van der Waals surface area contributed by atoms with Crippen molar-refractivity contribution >= 4 is 0 Å². The van der Waals surface area contributed by atoms with Crippen LogP contribution in [0.1, 0.15) is 32.1 Å². The summed E-state index contributed by atoms with van der Waals surface area (Å²) in [7, 11) is 1.72. The first-order chi connectivity index (χ1) is 8.74. The van der Waals surface area contributed by atoms with Crippen LogP contribution in [0.5, 0.6) is 0 Å². The van der Waals surface area contributed by atoms with Crippen molar-refractivity contribution in [2.75, 3.05) is 26.9 Å². The van der Waals surface area contributed by atoms with Gasteiger partial charge in [-0.15, -0.1) is 0 Å². The van der Waals surface area contributed by atoms with Crippen molar-refractivity contribution < 1.29 is 19.3 Å². The lowest BCUT2D eigenvalue weighted by molar-refractivity contribution is -0.137. The molecule has 0 bridgehead atoms. The Morgan fingerprint density at radius 3 is 2.67 bits per heavy atom. The maximum Gasteiger partial charge on any atom is 0.0940 e. The Kier molecular flexibility index (Phi) is 3.63. The lowest BCUT2D eigenvalue weighted by Gasteiger charge is -2.40. The fraction of sp³-hybridized carbons (Fsp3) is 1.00. The van der Waals surface area contributed by atoms with Gasteiger partial charge in [0.05, 0.1) is 24.4 Å². The van der Waals surface area contributed by atoms with Gasteiger partial charge in [0.1, 0.15) is 0 Å². The summed E-state index contributed by atoms with van der Waals surface area (Å²) in [6.07, 6.45) is 4.91. The summed E-state index contributed by atoms with van der Waals surface area (Å²) in [4.78, 5) is 0. The highest BCUT2D eigenvalue weighted by atomic mass is 16.6. The predicted octanol–water partition coefficient (Wildman–Crippen LogP) is 1.36. The zero-order chi connectivity index (χ0) is 12.6. The largest absolute Gasteiger partial charge is 0.390 e. The first-order valence-electron chi connectivity index (χ1n) is 7.17. The molecule has 1 saturated carbocycles. The third-order valence-electron chi connectivity index (χ3n) is 4.78. The van der Waals surface area contributed by atoms with Gasteiger partial charge in [0, 0.05) is 26.7 Å². The number of aliphatic hydroxyl groups excluding tert-OH is 1. The van der Waals surface area contributed by atoms with E-state index < -0.39 is 0 Å². The minimum atomic E-state index is -0.344. The Labute approximate surface area is 109 Å². The summed E-state index contributed by atoms with van der Waals surface area (Å²) in [5, 5.41) is 10.6. The SMILES string of the molecule is COC(C1CC1)C(O)C1CCOC2(CCOC2)C1. The van der Waals surface area contributed by atoms with E-state index in [-0.39, 0.29) is 17.8 Å². The smallest absolute Gasteiger partial charge is 0.0940 e. The van der Waals surface area contributed by atoms with Gasteiger partial charge in [-0.2, -0.15) is 0 Å². The average Bonchev–Trinajstić information content (AvgIpc) is 3.13. The molecule has 4 heteroatoms. The van der Waals surface area contributed by atoms with E-state index in [1.54, 1.807) is 7.11 Å². The van der Waals surface area contributed by atoms with E-state index in [4.69, 9.17) is 14.2 Å². The summed E-state index contributed by atoms with van der Waals surface area (Å²) >= 11 is 0. The van der Waals surface area contributed by atoms with Crippen LogP contribution in [-0.4, -0.2) is 49.8 Å².